The zero-order chi connectivity index (χ0) is 19.6. The van der Waals surface area contributed by atoms with Gasteiger partial charge in [0.25, 0.3) is 0 Å². The number of aryl methyl sites for hydroxylation is 1. The maximum Gasteiger partial charge on any atom is 0.217 e. The van der Waals surface area contributed by atoms with Gasteiger partial charge in [-0.15, -0.1) is 24.0 Å². The van der Waals surface area contributed by atoms with Crippen LogP contribution in [0, 0.1) is 5.92 Å². The number of methoxy groups -OCH3 is 2. The van der Waals surface area contributed by atoms with Crippen molar-refractivity contribution < 1.29 is 14.3 Å². The van der Waals surface area contributed by atoms with Crippen LogP contribution in [0.3, 0.4) is 0 Å². The second-order valence-corrected chi connectivity index (χ2v) is 6.89. The molecular formula is C20H33IN4O3. The van der Waals surface area contributed by atoms with E-state index in [1.54, 1.807) is 21.3 Å². The molecule has 1 saturated heterocycles. The van der Waals surface area contributed by atoms with Crippen LogP contribution >= 0.6 is 24.0 Å². The number of likely N-dealkylation sites (tertiary alicyclic amines) is 1. The van der Waals surface area contributed by atoms with Crippen LogP contribution in [-0.4, -0.2) is 57.7 Å². The van der Waals surface area contributed by atoms with Crippen molar-refractivity contribution in [3.05, 3.63) is 23.8 Å². The van der Waals surface area contributed by atoms with E-state index in [0.717, 1.165) is 62.8 Å². The Morgan fingerprint density at radius 3 is 2.71 bits per heavy atom. The summed E-state index contributed by atoms with van der Waals surface area (Å²) in [4.78, 5) is 17.8. The first-order valence-electron chi connectivity index (χ1n) is 9.52. The molecular weight excluding hydrogens is 471 g/mol. The van der Waals surface area contributed by atoms with E-state index in [1.165, 1.54) is 5.56 Å². The predicted octanol–water partition coefficient (Wildman–Crippen LogP) is 2.42. The molecule has 1 unspecified atom stereocenters. The third-order valence-electron chi connectivity index (χ3n) is 4.89. The second-order valence-electron chi connectivity index (χ2n) is 6.89. The molecule has 3 N–H and O–H groups in total. The van der Waals surface area contributed by atoms with Crippen molar-refractivity contribution in [2.75, 3.05) is 40.9 Å². The lowest BCUT2D eigenvalue weighted by atomic mass is 9.95. The Bertz CT molecular complexity index is 654. The second kappa shape index (κ2) is 12.7. The fourth-order valence-electron chi connectivity index (χ4n) is 3.57. The molecule has 1 heterocycles. The summed E-state index contributed by atoms with van der Waals surface area (Å²) in [7, 11) is 5.09. The Morgan fingerprint density at radius 2 is 2.07 bits per heavy atom. The molecule has 1 fully saturated rings. The number of nitrogens with zero attached hydrogens (tertiary/aromatic N) is 2. The normalized spacial score (nSPS) is 16.9. The highest BCUT2D eigenvalue weighted by molar-refractivity contribution is 14.0. The van der Waals surface area contributed by atoms with Gasteiger partial charge in [0, 0.05) is 33.1 Å². The fraction of sp³-hybridized carbons (Fsp3) is 0.600. The molecule has 0 bridgehead atoms. The SMILES string of the molecule is CN=C(NCCCc1ccc(OC)c(OC)c1)N1CCCC(CC(N)=O)C1.I. The molecule has 1 amide bonds. The lowest BCUT2D eigenvalue weighted by molar-refractivity contribution is -0.119. The van der Waals surface area contributed by atoms with Crippen LogP contribution in [0.4, 0.5) is 0 Å². The van der Waals surface area contributed by atoms with Crippen LogP contribution in [-0.2, 0) is 11.2 Å². The van der Waals surface area contributed by atoms with Gasteiger partial charge >= 0.3 is 0 Å². The summed E-state index contributed by atoms with van der Waals surface area (Å²) in [5.74, 6) is 2.50. The summed E-state index contributed by atoms with van der Waals surface area (Å²) in [5, 5.41) is 3.44. The van der Waals surface area contributed by atoms with Gasteiger partial charge in [-0.3, -0.25) is 9.79 Å². The van der Waals surface area contributed by atoms with Gasteiger partial charge in [0.2, 0.25) is 5.91 Å². The van der Waals surface area contributed by atoms with Crippen LogP contribution in [0.15, 0.2) is 23.2 Å². The van der Waals surface area contributed by atoms with E-state index in [4.69, 9.17) is 15.2 Å². The number of nitrogens with one attached hydrogen (secondary N) is 1. The van der Waals surface area contributed by atoms with Crippen LogP contribution in [0.25, 0.3) is 0 Å². The van der Waals surface area contributed by atoms with E-state index < -0.39 is 0 Å². The number of carbonyl (C=O) groups excluding carboxylic acids is 1. The number of amides is 1. The van der Waals surface area contributed by atoms with Crippen molar-refractivity contribution in [1.82, 2.24) is 10.2 Å². The molecule has 0 saturated carbocycles. The molecule has 1 atom stereocenters. The van der Waals surface area contributed by atoms with Crippen molar-refractivity contribution in [3.8, 4) is 11.5 Å². The maximum atomic E-state index is 11.2. The van der Waals surface area contributed by atoms with Gasteiger partial charge in [0.05, 0.1) is 14.2 Å². The molecule has 1 aliphatic rings. The number of hydrogen-bond donors (Lipinski definition) is 2. The van der Waals surface area contributed by atoms with Crippen molar-refractivity contribution in [2.24, 2.45) is 16.6 Å². The Labute approximate surface area is 185 Å². The zero-order valence-corrected chi connectivity index (χ0v) is 19.4. The van der Waals surface area contributed by atoms with Gasteiger partial charge < -0.3 is 25.4 Å². The summed E-state index contributed by atoms with van der Waals surface area (Å²) < 4.78 is 10.6. The van der Waals surface area contributed by atoms with Crippen LogP contribution in [0.2, 0.25) is 0 Å². The predicted molar refractivity (Wildman–Crippen MR) is 123 cm³/mol. The zero-order valence-electron chi connectivity index (χ0n) is 17.1. The minimum Gasteiger partial charge on any atom is -0.493 e. The Balaban J connectivity index is 0.00000392. The van der Waals surface area contributed by atoms with Gasteiger partial charge in [-0.25, -0.2) is 0 Å². The topological polar surface area (TPSA) is 89.2 Å². The number of nitrogens with two attached hydrogens (primary N) is 1. The van der Waals surface area contributed by atoms with E-state index in [0.29, 0.717) is 12.3 Å². The number of carbonyl (C=O) groups is 1. The quantitative estimate of drug-likeness (QED) is 0.246. The molecule has 2 rings (SSSR count). The van der Waals surface area contributed by atoms with Gasteiger partial charge in [0.15, 0.2) is 17.5 Å². The number of hydrogen-bond acceptors (Lipinski definition) is 4. The smallest absolute Gasteiger partial charge is 0.217 e. The summed E-state index contributed by atoms with van der Waals surface area (Å²) in [6, 6.07) is 6.02. The average Bonchev–Trinajstić information content (AvgIpc) is 2.67. The minimum atomic E-state index is -0.222. The number of ether oxygens (including phenoxy) is 2. The highest BCUT2D eigenvalue weighted by Gasteiger charge is 2.23. The Kier molecular flexibility index (Phi) is 11.0. The number of primary amides is 1. The maximum absolute atomic E-state index is 11.2. The van der Waals surface area contributed by atoms with Crippen LogP contribution in [0.5, 0.6) is 11.5 Å². The molecule has 8 heteroatoms. The lowest BCUT2D eigenvalue weighted by Gasteiger charge is -2.34. The van der Waals surface area contributed by atoms with Crippen molar-refractivity contribution in [2.45, 2.75) is 32.1 Å². The van der Waals surface area contributed by atoms with E-state index in [2.05, 4.69) is 21.3 Å². The van der Waals surface area contributed by atoms with Gasteiger partial charge in [-0.2, -0.15) is 0 Å². The summed E-state index contributed by atoms with van der Waals surface area (Å²) in [6.45, 7) is 2.63. The van der Waals surface area contributed by atoms with Crippen molar-refractivity contribution >= 4 is 35.8 Å². The van der Waals surface area contributed by atoms with E-state index in [9.17, 15) is 4.79 Å². The Hall–Kier alpha value is -1.71. The Morgan fingerprint density at radius 1 is 1.32 bits per heavy atom. The monoisotopic (exact) mass is 504 g/mol. The van der Waals surface area contributed by atoms with E-state index in [-0.39, 0.29) is 29.9 Å². The lowest BCUT2D eigenvalue weighted by Crippen LogP contribution is -2.47. The largest absolute Gasteiger partial charge is 0.493 e. The third-order valence-corrected chi connectivity index (χ3v) is 4.89. The molecule has 0 aliphatic carbocycles. The molecule has 1 aliphatic heterocycles. The van der Waals surface area contributed by atoms with Gasteiger partial charge in [-0.1, -0.05) is 6.07 Å². The fourth-order valence-corrected chi connectivity index (χ4v) is 3.57. The molecule has 7 nitrogen and oxygen atoms in total. The van der Waals surface area contributed by atoms with Crippen LogP contribution in [0.1, 0.15) is 31.2 Å². The third kappa shape index (κ3) is 7.37. The number of benzene rings is 1. The molecule has 158 valence electrons. The number of guanidine groups is 1. The molecule has 0 spiro atoms. The highest BCUT2D eigenvalue weighted by Crippen LogP contribution is 2.27. The molecule has 1 aromatic rings. The van der Waals surface area contributed by atoms with Crippen LogP contribution < -0.4 is 20.5 Å². The molecule has 1 aromatic carbocycles. The first kappa shape index (κ1) is 24.3. The van der Waals surface area contributed by atoms with Crippen molar-refractivity contribution in [1.29, 1.82) is 0 Å². The van der Waals surface area contributed by atoms with E-state index in [1.807, 2.05) is 12.1 Å². The first-order valence-corrected chi connectivity index (χ1v) is 9.52. The molecule has 0 aromatic heterocycles. The number of piperidine rings is 1. The average molecular weight is 504 g/mol. The van der Waals surface area contributed by atoms with Gasteiger partial charge in [-0.05, 0) is 49.3 Å². The number of rotatable bonds is 8. The van der Waals surface area contributed by atoms with E-state index >= 15 is 0 Å². The van der Waals surface area contributed by atoms with Crippen molar-refractivity contribution in [3.63, 3.8) is 0 Å². The molecule has 0 radical (unpaired) electrons. The van der Waals surface area contributed by atoms with Gasteiger partial charge in [0.1, 0.15) is 0 Å². The molecule has 28 heavy (non-hydrogen) atoms. The highest BCUT2D eigenvalue weighted by atomic mass is 127. The number of aliphatic imine (C=N–C) groups is 1. The minimum absolute atomic E-state index is 0. The summed E-state index contributed by atoms with van der Waals surface area (Å²) >= 11 is 0. The first-order chi connectivity index (χ1) is 13.1. The summed E-state index contributed by atoms with van der Waals surface area (Å²) in [5.41, 5.74) is 6.56. The number of halogens is 1. The summed E-state index contributed by atoms with van der Waals surface area (Å²) in [6.07, 6.45) is 4.48. The standard InChI is InChI=1S/C20H32N4O3.HI/c1-22-20(24-11-5-7-16(14-24)13-19(21)25)23-10-4-6-15-8-9-17(26-2)18(12-15)27-3;/h8-9,12,16H,4-7,10-11,13-14H2,1-3H3,(H2,21,25)(H,22,23);1H.